The van der Waals surface area contributed by atoms with Crippen molar-refractivity contribution in [2.45, 2.75) is 34.6 Å². The number of rotatable bonds is 4. The van der Waals surface area contributed by atoms with Gasteiger partial charge >= 0.3 is 0 Å². The molecular weight excluding hydrogens is 246 g/mol. The Labute approximate surface area is 121 Å². The number of anilines is 1. The van der Waals surface area contributed by atoms with E-state index in [0.29, 0.717) is 5.57 Å². The van der Waals surface area contributed by atoms with Crippen LogP contribution >= 0.6 is 0 Å². The van der Waals surface area contributed by atoms with Crippen molar-refractivity contribution in [3.63, 3.8) is 0 Å². The Bertz CT molecular complexity index is 587. The van der Waals surface area contributed by atoms with Crippen LogP contribution in [-0.4, -0.2) is 5.91 Å². The number of aryl methyl sites for hydroxylation is 2. The molecule has 2 heteroatoms. The van der Waals surface area contributed by atoms with Gasteiger partial charge in [0.1, 0.15) is 0 Å². The maximum atomic E-state index is 12.0. The topological polar surface area (TPSA) is 29.1 Å². The lowest BCUT2D eigenvalue weighted by Gasteiger charge is -2.07. The van der Waals surface area contributed by atoms with Crippen molar-refractivity contribution < 1.29 is 4.79 Å². The molecular formula is C18H23NO. The van der Waals surface area contributed by atoms with Crippen LogP contribution in [0.25, 0.3) is 0 Å². The van der Waals surface area contributed by atoms with Crippen LogP contribution in [0.5, 0.6) is 0 Å². The van der Waals surface area contributed by atoms with Crippen LogP contribution in [0.2, 0.25) is 0 Å². The Morgan fingerprint density at radius 2 is 1.75 bits per heavy atom. The summed E-state index contributed by atoms with van der Waals surface area (Å²) < 4.78 is 0. The highest BCUT2D eigenvalue weighted by molar-refractivity contribution is 6.05. The van der Waals surface area contributed by atoms with Gasteiger partial charge in [0, 0.05) is 11.3 Å². The molecule has 0 aliphatic rings. The summed E-state index contributed by atoms with van der Waals surface area (Å²) in [5, 5.41) is 2.86. The molecule has 0 saturated heterocycles. The largest absolute Gasteiger partial charge is 0.322 e. The number of carbonyl (C=O) groups is 1. The van der Waals surface area contributed by atoms with E-state index in [9.17, 15) is 4.79 Å². The van der Waals surface area contributed by atoms with Crippen molar-refractivity contribution >= 4 is 11.6 Å². The van der Waals surface area contributed by atoms with Crippen LogP contribution < -0.4 is 5.32 Å². The van der Waals surface area contributed by atoms with E-state index in [1.165, 1.54) is 11.1 Å². The number of hydrogen-bond acceptors (Lipinski definition) is 1. The molecule has 0 saturated carbocycles. The Morgan fingerprint density at radius 3 is 2.30 bits per heavy atom. The van der Waals surface area contributed by atoms with Gasteiger partial charge < -0.3 is 5.32 Å². The zero-order valence-corrected chi connectivity index (χ0v) is 13.0. The second kappa shape index (κ2) is 6.90. The number of nitrogens with one attached hydrogen (secondary N) is 1. The molecule has 0 heterocycles. The van der Waals surface area contributed by atoms with E-state index in [0.717, 1.165) is 16.8 Å². The van der Waals surface area contributed by atoms with Crippen LogP contribution in [0, 0.1) is 13.8 Å². The average molecular weight is 269 g/mol. The predicted molar refractivity (Wildman–Crippen MR) is 86.9 cm³/mol. The number of benzene rings is 1. The molecule has 1 aromatic rings. The van der Waals surface area contributed by atoms with Crippen molar-refractivity contribution in [2.24, 2.45) is 0 Å². The summed E-state index contributed by atoms with van der Waals surface area (Å²) >= 11 is 0. The molecule has 0 atom stereocenters. The SMILES string of the molecule is C=C(/C=C\C(C)=C(C)C)C(=O)Nc1ccc(C)c(C)c1. The number of allylic oxidation sites excluding steroid dienone is 3. The summed E-state index contributed by atoms with van der Waals surface area (Å²) in [6, 6.07) is 5.86. The Morgan fingerprint density at radius 1 is 1.10 bits per heavy atom. The van der Waals surface area contributed by atoms with E-state index in [2.05, 4.69) is 11.9 Å². The quantitative estimate of drug-likeness (QED) is 0.622. The molecule has 0 fully saturated rings. The first-order valence-electron chi connectivity index (χ1n) is 6.71. The fourth-order valence-corrected chi connectivity index (χ4v) is 1.50. The first kappa shape index (κ1) is 16.0. The molecule has 1 rings (SSSR count). The van der Waals surface area contributed by atoms with Gasteiger partial charge in [-0.1, -0.05) is 29.9 Å². The second-order valence-electron chi connectivity index (χ2n) is 5.29. The normalized spacial score (nSPS) is 10.4. The molecule has 0 bridgehead atoms. The fourth-order valence-electron chi connectivity index (χ4n) is 1.50. The van der Waals surface area contributed by atoms with Gasteiger partial charge in [-0.3, -0.25) is 4.79 Å². The zero-order chi connectivity index (χ0) is 15.3. The molecule has 1 amide bonds. The first-order valence-corrected chi connectivity index (χ1v) is 6.71. The third kappa shape index (κ3) is 4.54. The molecule has 0 radical (unpaired) electrons. The Hall–Kier alpha value is -2.09. The lowest BCUT2D eigenvalue weighted by atomic mass is 10.1. The van der Waals surface area contributed by atoms with Crippen LogP contribution in [0.1, 0.15) is 31.9 Å². The van der Waals surface area contributed by atoms with E-state index in [1.54, 1.807) is 6.08 Å². The van der Waals surface area contributed by atoms with Crippen LogP contribution in [0.15, 0.2) is 53.6 Å². The highest BCUT2D eigenvalue weighted by Gasteiger charge is 2.05. The van der Waals surface area contributed by atoms with Gasteiger partial charge in [0.15, 0.2) is 0 Å². The van der Waals surface area contributed by atoms with Crippen LogP contribution in [0.4, 0.5) is 5.69 Å². The minimum absolute atomic E-state index is 0.175. The molecule has 20 heavy (non-hydrogen) atoms. The van der Waals surface area contributed by atoms with Gasteiger partial charge in [-0.25, -0.2) is 0 Å². The second-order valence-corrected chi connectivity index (χ2v) is 5.29. The summed E-state index contributed by atoms with van der Waals surface area (Å²) in [7, 11) is 0. The van der Waals surface area contributed by atoms with Gasteiger partial charge in [-0.15, -0.1) is 0 Å². The number of hydrogen-bond donors (Lipinski definition) is 1. The molecule has 0 aliphatic heterocycles. The maximum Gasteiger partial charge on any atom is 0.255 e. The Kier molecular flexibility index (Phi) is 5.51. The van der Waals surface area contributed by atoms with E-state index in [-0.39, 0.29) is 5.91 Å². The summed E-state index contributed by atoms with van der Waals surface area (Å²) in [6.07, 6.45) is 3.66. The summed E-state index contributed by atoms with van der Waals surface area (Å²) in [6.45, 7) is 14.0. The first-order chi connectivity index (χ1) is 9.31. The molecule has 106 valence electrons. The molecule has 1 N–H and O–H groups in total. The maximum absolute atomic E-state index is 12.0. The van der Waals surface area contributed by atoms with Gasteiger partial charge in [0.2, 0.25) is 0 Å². The lowest BCUT2D eigenvalue weighted by molar-refractivity contribution is -0.112. The van der Waals surface area contributed by atoms with Crippen molar-refractivity contribution in [3.8, 4) is 0 Å². The third-order valence-corrected chi connectivity index (χ3v) is 3.38. The molecule has 0 aliphatic carbocycles. The third-order valence-electron chi connectivity index (χ3n) is 3.38. The zero-order valence-electron chi connectivity index (χ0n) is 13.0. The summed E-state index contributed by atoms with van der Waals surface area (Å²) in [4.78, 5) is 12.0. The van der Waals surface area contributed by atoms with Crippen LogP contribution in [0.3, 0.4) is 0 Å². The van der Waals surface area contributed by atoms with Crippen LogP contribution in [-0.2, 0) is 4.79 Å². The van der Waals surface area contributed by atoms with E-state index >= 15 is 0 Å². The van der Waals surface area contributed by atoms with Crippen molar-refractivity contribution in [2.75, 3.05) is 5.32 Å². The van der Waals surface area contributed by atoms with Gasteiger partial charge in [-0.05, 0) is 64.0 Å². The summed E-state index contributed by atoms with van der Waals surface area (Å²) in [5.41, 5.74) is 5.98. The molecule has 0 unspecified atom stereocenters. The number of amides is 1. The number of carbonyl (C=O) groups excluding carboxylic acids is 1. The highest BCUT2D eigenvalue weighted by Crippen LogP contribution is 2.15. The predicted octanol–water partition coefficient (Wildman–Crippen LogP) is 4.71. The smallest absolute Gasteiger partial charge is 0.255 e. The van der Waals surface area contributed by atoms with Gasteiger partial charge in [-0.2, -0.15) is 0 Å². The van der Waals surface area contributed by atoms with Crippen molar-refractivity contribution in [1.82, 2.24) is 0 Å². The Balaban J connectivity index is 2.74. The lowest BCUT2D eigenvalue weighted by Crippen LogP contribution is -2.12. The fraction of sp³-hybridized carbons (Fsp3) is 0.278. The van der Waals surface area contributed by atoms with Crippen molar-refractivity contribution in [1.29, 1.82) is 0 Å². The molecule has 2 nitrogen and oxygen atoms in total. The monoisotopic (exact) mass is 269 g/mol. The van der Waals surface area contributed by atoms with Crippen molar-refractivity contribution in [3.05, 3.63) is 64.8 Å². The molecule has 0 spiro atoms. The molecule has 0 aromatic heterocycles. The summed E-state index contributed by atoms with van der Waals surface area (Å²) in [5.74, 6) is -0.175. The van der Waals surface area contributed by atoms with Gasteiger partial charge in [0.25, 0.3) is 5.91 Å². The minimum Gasteiger partial charge on any atom is -0.322 e. The molecule has 1 aromatic carbocycles. The average Bonchev–Trinajstić information content (AvgIpc) is 2.39. The highest BCUT2D eigenvalue weighted by atomic mass is 16.1. The van der Waals surface area contributed by atoms with E-state index < -0.39 is 0 Å². The standard InChI is InChI=1S/C18H23NO/c1-12(2)13(3)7-8-15(5)18(20)19-17-10-9-14(4)16(6)11-17/h7-11H,5H2,1-4,6H3,(H,19,20)/b8-7-. The van der Waals surface area contributed by atoms with E-state index in [4.69, 9.17) is 0 Å². The van der Waals surface area contributed by atoms with Gasteiger partial charge in [0.05, 0.1) is 0 Å². The minimum atomic E-state index is -0.175. The van der Waals surface area contributed by atoms with E-state index in [1.807, 2.05) is 58.9 Å².